The summed E-state index contributed by atoms with van der Waals surface area (Å²) in [6, 6.07) is -0.589. The van der Waals surface area contributed by atoms with Crippen molar-refractivity contribution in [2.45, 2.75) is 92.7 Å². The lowest BCUT2D eigenvalue weighted by Crippen LogP contribution is -2.62. The largest absolute Gasteiger partial charge is 0.346 e. The molecule has 2 heterocycles. The molecule has 0 spiro atoms. The maximum atomic E-state index is 13.7. The van der Waals surface area contributed by atoms with Gasteiger partial charge in [0.15, 0.2) is 0 Å². The average molecular weight is 493 g/mol. The quantitative estimate of drug-likeness (QED) is 0.478. The van der Waals surface area contributed by atoms with Crippen LogP contribution in [0.3, 0.4) is 0 Å². The number of nitrogens with zero attached hydrogens (tertiary/aromatic N) is 3. The molecule has 2 saturated heterocycles. The van der Waals surface area contributed by atoms with Gasteiger partial charge in [-0.2, -0.15) is 0 Å². The van der Waals surface area contributed by atoms with Gasteiger partial charge in [0.2, 0.25) is 17.7 Å². The van der Waals surface area contributed by atoms with Crippen LogP contribution in [-0.4, -0.2) is 84.3 Å². The predicted octanol–water partition coefficient (Wildman–Crippen LogP) is 3.63. The normalized spacial score (nSPS) is 21.7. The van der Waals surface area contributed by atoms with Gasteiger partial charge in [-0.15, -0.1) is 0 Å². The smallest absolute Gasteiger partial charge is 0.245 e. The second-order valence-corrected chi connectivity index (χ2v) is 12.2. The van der Waals surface area contributed by atoms with E-state index in [9.17, 15) is 14.4 Å². The molecule has 3 atom stereocenters. The Bertz CT molecular complexity index is 700. The summed E-state index contributed by atoms with van der Waals surface area (Å²) in [7, 11) is 1.91. The number of carbonyl (C=O) groups is 3. The van der Waals surface area contributed by atoms with E-state index < -0.39 is 6.04 Å². The Morgan fingerprint density at radius 1 is 0.971 bits per heavy atom. The molecule has 7 heteroatoms. The van der Waals surface area contributed by atoms with Crippen LogP contribution in [0, 0.1) is 29.6 Å². The first-order valence-corrected chi connectivity index (χ1v) is 14.0. The van der Waals surface area contributed by atoms with Gasteiger partial charge >= 0.3 is 0 Å². The van der Waals surface area contributed by atoms with E-state index in [-0.39, 0.29) is 29.7 Å². The zero-order valence-electron chi connectivity index (χ0n) is 23.7. The monoisotopic (exact) mass is 492 g/mol. The van der Waals surface area contributed by atoms with E-state index in [4.69, 9.17) is 0 Å². The maximum absolute atomic E-state index is 13.7. The molecule has 202 valence electrons. The molecule has 0 radical (unpaired) electrons. The van der Waals surface area contributed by atoms with E-state index in [1.54, 1.807) is 0 Å². The van der Waals surface area contributed by atoms with Crippen molar-refractivity contribution in [3.05, 3.63) is 0 Å². The number of nitrogens with one attached hydrogen (secondary N) is 1. The standard InChI is InChI=1S/C28H52N4O3/c1-19(2)9-13-30(8)26(33)22(7)23-10-14-31(15-11-23)28(35)25(18-21(5)6)32-16-12-29-24(27(32)34)17-20(3)4/h19-25,29H,9-18H2,1-8H3/t22?,24-,25?/m0/s1. The van der Waals surface area contributed by atoms with Crippen LogP contribution < -0.4 is 5.32 Å². The number of hydrogen-bond donors (Lipinski definition) is 1. The number of piperidine rings is 1. The zero-order chi connectivity index (χ0) is 26.3. The Morgan fingerprint density at radius 2 is 1.60 bits per heavy atom. The van der Waals surface area contributed by atoms with Crippen LogP contribution in [0.5, 0.6) is 0 Å². The van der Waals surface area contributed by atoms with Crippen molar-refractivity contribution in [3.63, 3.8) is 0 Å². The van der Waals surface area contributed by atoms with Crippen LogP contribution in [0.25, 0.3) is 0 Å². The Balaban J connectivity index is 2.01. The third-order valence-corrected chi connectivity index (χ3v) is 7.75. The predicted molar refractivity (Wildman–Crippen MR) is 142 cm³/mol. The van der Waals surface area contributed by atoms with Crippen LogP contribution >= 0.6 is 0 Å². The van der Waals surface area contributed by atoms with Gasteiger partial charge < -0.3 is 20.0 Å². The third-order valence-electron chi connectivity index (χ3n) is 7.75. The van der Waals surface area contributed by atoms with Crippen molar-refractivity contribution < 1.29 is 14.4 Å². The summed E-state index contributed by atoms with van der Waals surface area (Å²) in [5.41, 5.74) is 0. The highest BCUT2D eigenvalue weighted by molar-refractivity contribution is 5.90. The van der Waals surface area contributed by atoms with Crippen molar-refractivity contribution >= 4 is 17.7 Å². The second-order valence-electron chi connectivity index (χ2n) is 12.2. The Hall–Kier alpha value is -1.63. The van der Waals surface area contributed by atoms with Crippen LogP contribution in [0.4, 0.5) is 0 Å². The molecule has 0 aliphatic carbocycles. The van der Waals surface area contributed by atoms with Gasteiger partial charge in [0.25, 0.3) is 0 Å². The Kier molecular flexibility index (Phi) is 11.5. The van der Waals surface area contributed by atoms with Gasteiger partial charge in [-0.3, -0.25) is 14.4 Å². The molecular weight excluding hydrogens is 440 g/mol. The van der Waals surface area contributed by atoms with Gasteiger partial charge in [0.05, 0.1) is 6.04 Å². The average Bonchev–Trinajstić information content (AvgIpc) is 2.80. The summed E-state index contributed by atoms with van der Waals surface area (Å²) in [5, 5.41) is 3.36. The molecule has 7 nitrogen and oxygen atoms in total. The summed E-state index contributed by atoms with van der Waals surface area (Å²) >= 11 is 0. The van der Waals surface area contributed by atoms with Crippen molar-refractivity contribution in [2.24, 2.45) is 29.6 Å². The third kappa shape index (κ3) is 8.47. The first kappa shape index (κ1) is 29.6. The van der Waals surface area contributed by atoms with Gasteiger partial charge in [0, 0.05) is 45.7 Å². The zero-order valence-corrected chi connectivity index (χ0v) is 23.7. The molecule has 35 heavy (non-hydrogen) atoms. The minimum absolute atomic E-state index is 0.0255. The molecule has 0 aromatic carbocycles. The molecule has 0 aromatic rings. The van der Waals surface area contributed by atoms with Crippen LogP contribution in [0.1, 0.15) is 80.6 Å². The van der Waals surface area contributed by atoms with Crippen molar-refractivity contribution in [1.29, 1.82) is 0 Å². The lowest BCUT2D eigenvalue weighted by Gasteiger charge is -2.42. The lowest BCUT2D eigenvalue weighted by atomic mass is 9.84. The highest BCUT2D eigenvalue weighted by Crippen LogP contribution is 2.28. The molecule has 2 aliphatic heterocycles. The van der Waals surface area contributed by atoms with E-state index in [1.807, 2.05) is 28.7 Å². The number of likely N-dealkylation sites (tertiary alicyclic amines) is 1. The Labute approximate surface area is 214 Å². The molecule has 3 amide bonds. The summed E-state index contributed by atoms with van der Waals surface area (Å²) in [6.07, 6.45) is 4.18. The molecule has 0 saturated carbocycles. The van der Waals surface area contributed by atoms with Crippen LogP contribution in [-0.2, 0) is 14.4 Å². The van der Waals surface area contributed by atoms with Gasteiger partial charge in [0.1, 0.15) is 6.04 Å². The second kappa shape index (κ2) is 13.6. The number of carbonyl (C=O) groups excluding carboxylic acids is 3. The molecule has 2 rings (SSSR count). The number of piperazine rings is 1. The summed E-state index contributed by atoms with van der Waals surface area (Å²) in [5.74, 6) is 1.98. The first-order chi connectivity index (χ1) is 16.4. The fourth-order valence-corrected chi connectivity index (χ4v) is 5.47. The van der Waals surface area contributed by atoms with Crippen molar-refractivity contribution in [2.75, 3.05) is 39.8 Å². The molecular formula is C28H52N4O3. The van der Waals surface area contributed by atoms with E-state index in [0.29, 0.717) is 49.7 Å². The number of hydrogen-bond acceptors (Lipinski definition) is 4. The summed E-state index contributed by atoms with van der Waals surface area (Å²) < 4.78 is 0. The van der Waals surface area contributed by atoms with Gasteiger partial charge in [-0.25, -0.2) is 0 Å². The fraction of sp³-hybridized carbons (Fsp3) is 0.893. The topological polar surface area (TPSA) is 73.0 Å². The Morgan fingerprint density at radius 3 is 2.14 bits per heavy atom. The van der Waals surface area contributed by atoms with E-state index in [0.717, 1.165) is 38.8 Å². The molecule has 2 unspecified atom stereocenters. The minimum atomic E-state index is -0.392. The van der Waals surface area contributed by atoms with Crippen LogP contribution in [0.2, 0.25) is 0 Å². The maximum Gasteiger partial charge on any atom is 0.245 e. The molecule has 1 N–H and O–H groups in total. The molecule has 2 aliphatic rings. The van der Waals surface area contributed by atoms with Gasteiger partial charge in [-0.05, 0) is 55.8 Å². The van der Waals surface area contributed by atoms with E-state index in [2.05, 4.69) is 46.9 Å². The first-order valence-electron chi connectivity index (χ1n) is 14.0. The summed E-state index contributed by atoms with van der Waals surface area (Å²) in [6.45, 7) is 18.4. The van der Waals surface area contributed by atoms with Gasteiger partial charge in [-0.1, -0.05) is 48.5 Å². The molecule has 0 aromatic heterocycles. The number of amides is 3. The van der Waals surface area contributed by atoms with Crippen LogP contribution in [0.15, 0.2) is 0 Å². The van der Waals surface area contributed by atoms with E-state index in [1.165, 1.54) is 0 Å². The SMILES string of the molecule is CC(C)CCN(C)C(=O)C(C)C1CCN(C(=O)C(CC(C)C)N2CCN[C@@H](CC(C)C)C2=O)CC1. The fourth-order valence-electron chi connectivity index (χ4n) is 5.47. The molecule has 0 bridgehead atoms. The highest BCUT2D eigenvalue weighted by Gasteiger charge is 2.40. The lowest BCUT2D eigenvalue weighted by molar-refractivity contribution is -0.151. The highest BCUT2D eigenvalue weighted by atomic mass is 16.2. The molecule has 2 fully saturated rings. The summed E-state index contributed by atoms with van der Waals surface area (Å²) in [4.78, 5) is 45.6. The van der Waals surface area contributed by atoms with Crippen molar-refractivity contribution in [3.8, 4) is 0 Å². The minimum Gasteiger partial charge on any atom is -0.346 e. The van der Waals surface area contributed by atoms with Crippen molar-refractivity contribution in [1.82, 2.24) is 20.0 Å². The van der Waals surface area contributed by atoms with E-state index >= 15 is 0 Å². The number of rotatable bonds is 11.